The fraction of sp³-hybridized carbons (Fsp3) is 0.227. The number of hydrogen-bond acceptors (Lipinski definition) is 6. The molecule has 2 aromatic heterocycles. The fourth-order valence-corrected chi connectivity index (χ4v) is 4.61. The van der Waals surface area contributed by atoms with E-state index in [0.29, 0.717) is 22.5 Å². The standard InChI is InChI=1S/C22H20ClN3O3S2/c1-2-28-18(27)13-26-21(20(25-22(26)30)16-5-3-4-12-24-16)17-10-11-19(29-17)31-15-8-6-14(23)7-9-15/h3-12,20-21H,2,13H2,1H3,(H,25,30)/t20-,21+/m0/s1. The van der Waals surface area contributed by atoms with Crippen LogP contribution in [0.2, 0.25) is 5.02 Å². The molecule has 0 amide bonds. The van der Waals surface area contributed by atoms with E-state index in [4.69, 9.17) is 33.0 Å². The molecule has 1 N–H and O–H groups in total. The molecule has 6 nitrogen and oxygen atoms in total. The summed E-state index contributed by atoms with van der Waals surface area (Å²) in [5, 5.41) is 5.15. The van der Waals surface area contributed by atoms with Crippen molar-refractivity contribution in [2.75, 3.05) is 13.2 Å². The second-order valence-corrected chi connectivity index (χ2v) is 8.67. The quantitative estimate of drug-likeness (QED) is 0.379. The number of carbonyl (C=O) groups is 1. The first-order valence-electron chi connectivity index (χ1n) is 9.72. The lowest BCUT2D eigenvalue weighted by atomic mass is 10.0. The van der Waals surface area contributed by atoms with Gasteiger partial charge in [-0.1, -0.05) is 29.4 Å². The number of ether oxygens (including phenoxy) is 1. The van der Waals surface area contributed by atoms with Crippen LogP contribution in [-0.4, -0.2) is 34.1 Å². The number of nitrogens with zero attached hydrogens (tertiary/aromatic N) is 2. The van der Waals surface area contributed by atoms with Gasteiger partial charge in [0.25, 0.3) is 0 Å². The Balaban J connectivity index is 1.63. The van der Waals surface area contributed by atoms with Gasteiger partial charge >= 0.3 is 5.97 Å². The minimum absolute atomic E-state index is 0.0219. The van der Waals surface area contributed by atoms with Gasteiger partial charge < -0.3 is 19.4 Å². The monoisotopic (exact) mass is 473 g/mol. The minimum Gasteiger partial charge on any atom is -0.465 e. The van der Waals surface area contributed by atoms with E-state index >= 15 is 0 Å². The summed E-state index contributed by atoms with van der Waals surface area (Å²) in [5.41, 5.74) is 0.810. The maximum absolute atomic E-state index is 12.2. The van der Waals surface area contributed by atoms with Crippen molar-refractivity contribution in [1.29, 1.82) is 0 Å². The Hall–Kier alpha value is -2.55. The molecule has 1 aromatic carbocycles. The van der Waals surface area contributed by atoms with Crippen LogP contribution in [0.1, 0.15) is 30.5 Å². The van der Waals surface area contributed by atoms with Gasteiger partial charge in [-0.15, -0.1) is 0 Å². The van der Waals surface area contributed by atoms with Crippen molar-refractivity contribution in [3.8, 4) is 0 Å². The van der Waals surface area contributed by atoms with Gasteiger partial charge in [-0.3, -0.25) is 9.78 Å². The molecule has 0 saturated carbocycles. The Labute approximate surface area is 194 Å². The SMILES string of the molecule is CCOC(=O)CN1C(=S)N[C@@H](c2ccccn2)[C@H]1c1ccc(Sc2ccc(Cl)cc2)o1. The highest BCUT2D eigenvalue weighted by Gasteiger charge is 2.42. The lowest BCUT2D eigenvalue weighted by Gasteiger charge is -2.25. The number of esters is 1. The van der Waals surface area contributed by atoms with Crippen molar-refractivity contribution in [1.82, 2.24) is 15.2 Å². The van der Waals surface area contributed by atoms with E-state index in [0.717, 1.165) is 15.7 Å². The van der Waals surface area contributed by atoms with E-state index in [9.17, 15) is 4.79 Å². The number of furan rings is 1. The highest BCUT2D eigenvalue weighted by atomic mass is 35.5. The Bertz CT molecular complexity index is 1060. The van der Waals surface area contributed by atoms with Gasteiger partial charge in [0.1, 0.15) is 18.3 Å². The van der Waals surface area contributed by atoms with Gasteiger partial charge in [0.2, 0.25) is 0 Å². The van der Waals surface area contributed by atoms with Crippen LogP contribution in [0.5, 0.6) is 0 Å². The summed E-state index contributed by atoms with van der Waals surface area (Å²) in [5.74, 6) is 0.337. The van der Waals surface area contributed by atoms with Crippen LogP contribution in [0.25, 0.3) is 0 Å². The van der Waals surface area contributed by atoms with Crippen LogP contribution in [0.3, 0.4) is 0 Å². The summed E-state index contributed by atoms with van der Waals surface area (Å²) < 4.78 is 11.3. The lowest BCUT2D eigenvalue weighted by Crippen LogP contribution is -2.35. The van der Waals surface area contributed by atoms with Crippen LogP contribution in [-0.2, 0) is 9.53 Å². The summed E-state index contributed by atoms with van der Waals surface area (Å²) in [6.07, 6.45) is 1.73. The minimum atomic E-state index is -0.347. The van der Waals surface area contributed by atoms with Gasteiger partial charge in [0.15, 0.2) is 10.2 Å². The first-order chi connectivity index (χ1) is 15.0. The molecule has 31 heavy (non-hydrogen) atoms. The average Bonchev–Trinajstić information content (AvgIpc) is 3.35. The number of aromatic nitrogens is 1. The molecule has 0 unspecified atom stereocenters. The lowest BCUT2D eigenvalue weighted by molar-refractivity contribution is -0.143. The molecule has 0 radical (unpaired) electrons. The second-order valence-electron chi connectivity index (χ2n) is 6.77. The molecule has 1 aliphatic heterocycles. The van der Waals surface area contributed by atoms with Crippen LogP contribution in [0, 0.1) is 0 Å². The number of hydrogen-bond donors (Lipinski definition) is 1. The summed E-state index contributed by atoms with van der Waals surface area (Å²) >= 11 is 13.0. The smallest absolute Gasteiger partial charge is 0.325 e. The van der Waals surface area contributed by atoms with Crippen molar-refractivity contribution in [2.45, 2.75) is 29.0 Å². The molecule has 1 aliphatic rings. The van der Waals surface area contributed by atoms with E-state index in [1.807, 2.05) is 54.6 Å². The van der Waals surface area contributed by atoms with Crippen molar-refractivity contribution < 1.29 is 13.9 Å². The number of pyridine rings is 1. The zero-order chi connectivity index (χ0) is 21.8. The largest absolute Gasteiger partial charge is 0.465 e. The van der Waals surface area contributed by atoms with Crippen LogP contribution >= 0.6 is 35.6 Å². The molecule has 0 spiro atoms. The summed E-state index contributed by atoms with van der Waals surface area (Å²) in [6, 6.07) is 16.5. The third-order valence-electron chi connectivity index (χ3n) is 4.73. The van der Waals surface area contributed by atoms with Gasteiger partial charge in [0.05, 0.1) is 18.3 Å². The van der Waals surface area contributed by atoms with Crippen molar-refractivity contribution >= 4 is 46.7 Å². The molecule has 3 heterocycles. The Morgan fingerprint density at radius 2 is 2.06 bits per heavy atom. The van der Waals surface area contributed by atoms with Gasteiger partial charge in [-0.2, -0.15) is 0 Å². The Morgan fingerprint density at radius 1 is 1.26 bits per heavy atom. The zero-order valence-electron chi connectivity index (χ0n) is 16.7. The van der Waals surface area contributed by atoms with Crippen molar-refractivity contribution in [3.63, 3.8) is 0 Å². The topological polar surface area (TPSA) is 67.6 Å². The normalized spacial score (nSPS) is 18.1. The molecule has 3 aromatic rings. The molecular formula is C22H20ClN3O3S2. The molecular weight excluding hydrogens is 454 g/mol. The van der Waals surface area contributed by atoms with Crippen molar-refractivity contribution in [3.05, 3.63) is 77.3 Å². The first-order valence-corrected chi connectivity index (χ1v) is 11.3. The van der Waals surface area contributed by atoms with Crippen molar-refractivity contribution in [2.24, 2.45) is 0 Å². The predicted octanol–water partition coefficient (Wildman–Crippen LogP) is 5.01. The molecule has 1 saturated heterocycles. The predicted molar refractivity (Wildman–Crippen MR) is 123 cm³/mol. The third kappa shape index (κ3) is 5.03. The average molecular weight is 474 g/mol. The molecule has 2 atom stereocenters. The summed E-state index contributed by atoms with van der Waals surface area (Å²) in [7, 11) is 0. The number of nitrogens with one attached hydrogen (secondary N) is 1. The van der Waals surface area contributed by atoms with Gasteiger partial charge in [0, 0.05) is 16.1 Å². The second kappa shape index (κ2) is 9.72. The summed E-state index contributed by atoms with van der Waals surface area (Å²) in [6.45, 7) is 2.11. The van der Waals surface area contributed by atoms with Gasteiger partial charge in [-0.25, -0.2) is 0 Å². The maximum Gasteiger partial charge on any atom is 0.325 e. The van der Waals surface area contributed by atoms with Crippen LogP contribution < -0.4 is 5.32 Å². The highest BCUT2D eigenvalue weighted by Crippen LogP contribution is 2.41. The molecule has 9 heteroatoms. The maximum atomic E-state index is 12.2. The van der Waals surface area contributed by atoms with E-state index < -0.39 is 0 Å². The van der Waals surface area contributed by atoms with Crippen LogP contribution in [0.4, 0.5) is 0 Å². The molecule has 4 rings (SSSR count). The Morgan fingerprint density at radius 3 is 2.77 bits per heavy atom. The number of carbonyl (C=O) groups excluding carboxylic acids is 1. The summed E-state index contributed by atoms with van der Waals surface area (Å²) in [4.78, 5) is 19.5. The van der Waals surface area contributed by atoms with Gasteiger partial charge in [-0.05, 0) is 67.7 Å². The highest BCUT2D eigenvalue weighted by molar-refractivity contribution is 7.99. The molecule has 160 valence electrons. The third-order valence-corrected chi connectivity index (χ3v) is 6.26. The van der Waals surface area contributed by atoms with E-state index in [2.05, 4.69) is 10.3 Å². The number of rotatable bonds is 7. The molecule has 1 fully saturated rings. The number of halogens is 1. The first kappa shape index (κ1) is 21.7. The number of benzene rings is 1. The molecule has 0 aliphatic carbocycles. The van der Waals surface area contributed by atoms with E-state index in [1.165, 1.54) is 11.8 Å². The van der Waals surface area contributed by atoms with Crippen LogP contribution in [0.15, 0.2) is 75.2 Å². The zero-order valence-corrected chi connectivity index (χ0v) is 19.0. The van der Waals surface area contributed by atoms with E-state index in [-0.39, 0.29) is 24.6 Å². The van der Waals surface area contributed by atoms with E-state index in [1.54, 1.807) is 18.0 Å². The molecule has 0 bridgehead atoms. The number of thiocarbonyl (C=S) groups is 1. The Kier molecular flexibility index (Phi) is 6.80. The fourth-order valence-electron chi connectivity index (χ4n) is 3.40.